The zero-order chi connectivity index (χ0) is 10.0. The van der Waals surface area contributed by atoms with Crippen LogP contribution in [0.5, 0.6) is 0 Å². The van der Waals surface area contributed by atoms with Crippen LogP contribution in [0.15, 0.2) is 0 Å². The molecule has 1 aromatic heterocycles. The van der Waals surface area contributed by atoms with E-state index in [4.69, 9.17) is 5.73 Å². The molecule has 0 fully saturated rings. The van der Waals surface area contributed by atoms with Gasteiger partial charge in [-0.05, 0) is 6.92 Å². The summed E-state index contributed by atoms with van der Waals surface area (Å²) in [7, 11) is 3.03. The van der Waals surface area contributed by atoms with Gasteiger partial charge in [-0.2, -0.15) is 5.10 Å². The lowest BCUT2D eigenvalue weighted by Crippen LogP contribution is -2.12. The topological polar surface area (TPSA) is 70.1 Å². The first-order valence-electron chi connectivity index (χ1n) is 3.92. The molecule has 1 rings (SSSR count). The molecule has 6 heteroatoms. The van der Waals surface area contributed by atoms with Crippen molar-refractivity contribution in [1.29, 1.82) is 0 Å². The number of esters is 1. The van der Waals surface area contributed by atoms with Crippen molar-refractivity contribution in [3.8, 4) is 0 Å². The van der Waals surface area contributed by atoms with E-state index in [0.717, 1.165) is 11.3 Å². The molecule has 0 radical (unpaired) electrons. The smallest absolute Gasteiger partial charge is 0.356 e. The Bertz CT molecular complexity index is 336. The molecular formula is C8H14ClN3O2. The number of carbonyl (C=O) groups is 1. The molecule has 2 N–H and O–H groups in total. The fourth-order valence-corrected chi connectivity index (χ4v) is 1.30. The molecule has 0 aliphatic rings. The molecule has 0 aliphatic carbocycles. The SMILES string of the molecule is COC(=O)c1c(CN)c(C)nn1C.Cl. The minimum atomic E-state index is -0.399. The van der Waals surface area contributed by atoms with Crippen molar-refractivity contribution in [3.05, 3.63) is 17.0 Å². The average molecular weight is 220 g/mol. The van der Waals surface area contributed by atoms with Crippen molar-refractivity contribution in [3.63, 3.8) is 0 Å². The zero-order valence-electron chi connectivity index (χ0n) is 8.40. The second-order valence-electron chi connectivity index (χ2n) is 2.73. The Labute approximate surface area is 88.6 Å². The van der Waals surface area contributed by atoms with Crippen LogP contribution in [0.25, 0.3) is 0 Å². The third-order valence-electron chi connectivity index (χ3n) is 1.93. The van der Waals surface area contributed by atoms with Crippen molar-refractivity contribution in [2.75, 3.05) is 7.11 Å². The lowest BCUT2D eigenvalue weighted by molar-refractivity contribution is 0.0587. The molecule has 1 aromatic rings. The molecule has 0 saturated carbocycles. The summed E-state index contributed by atoms with van der Waals surface area (Å²) >= 11 is 0. The van der Waals surface area contributed by atoms with Crippen LogP contribution in [-0.4, -0.2) is 22.9 Å². The molecule has 0 bridgehead atoms. The Morgan fingerprint density at radius 3 is 2.64 bits per heavy atom. The molecular weight excluding hydrogens is 206 g/mol. The van der Waals surface area contributed by atoms with E-state index in [-0.39, 0.29) is 12.4 Å². The summed E-state index contributed by atoms with van der Waals surface area (Å²) in [5, 5.41) is 4.09. The van der Waals surface area contributed by atoms with E-state index >= 15 is 0 Å². The highest BCUT2D eigenvalue weighted by atomic mass is 35.5. The summed E-state index contributed by atoms with van der Waals surface area (Å²) < 4.78 is 6.11. The normalized spacial score (nSPS) is 9.43. The first kappa shape index (κ1) is 12.9. The van der Waals surface area contributed by atoms with Gasteiger partial charge in [-0.25, -0.2) is 4.79 Å². The van der Waals surface area contributed by atoms with Crippen molar-refractivity contribution >= 4 is 18.4 Å². The highest BCUT2D eigenvalue weighted by Gasteiger charge is 2.18. The highest BCUT2D eigenvalue weighted by molar-refractivity contribution is 5.89. The third kappa shape index (κ3) is 2.05. The Morgan fingerprint density at radius 1 is 1.64 bits per heavy atom. The largest absolute Gasteiger partial charge is 0.464 e. The molecule has 14 heavy (non-hydrogen) atoms. The van der Waals surface area contributed by atoms with Gasteiger partial charge in [0.1, 0.15) is 0 Å². The van der Waals surface area contributed by atoms with E-state index in [1.165, 1.54) is 11.8 Å². The van der Waals surface area contributed by atoms with Crippen LogP contribution in [0.3, 0.4) is 0 Å². The van der Waals surface area contributed by atoms with E-state index in [1.54, 1.807) is 7.05 Å². The standard InChI is InChI=1S/C8H13N3O2.ClH/c1-5-6(4-9)7(8(12)13-3)11(2)10-5;/h4,9H2,1-3H3;1H. The lowest BCUT2D eigenvalue weighted by atomic mass is 10.2. The Balaban J connectivity index is 0.00000169. The maximum atomic E-state index is 11.3. The van der Waals surface area contributed by atoms with Crippen LogP contribution < -0.4 is 5.73 Å². The fourth-order valence-electron chi connectivity index (χ4n) is 1.30. The summed E-state index contributed by atoms with van der Waals surface area (Å²) in [5.74, 6) is -0.399. The molecule has 0 unspecified atom stereocenters. The van der Waals surface area contributed by atoms with Gasteiger partial charge in [0.25, 0.3) is 0 Å². The summed E-state index contributed by atoms with van der Waals surface area (Å²) in [6.07, 6.45) is 0. The van der Waals surface area contributed by atoms with Crippen LogP contribution >= 0.6 is 12.4 Å². The third-order valence-corrected chi connectivity index (χ3v) is 1.93. The zero-order valence-corrected chi connectivity index (χ0v) is 9.22. The van der Waals surface area contributed by atoms with Crippen molar-refractivity contribution in [1.82, 2.24) is 9.78 Å². The monoisotopic (exact) mass is 219 g/mol. The van der Waals surface area contributed by atoms with Gasteiger partial charge in [0.2, 0.25) is 0 Å². The number of carbonyl (C=O) groups excluding carboxylic acids is 1. The number of nitrogens with zero attached hydrogens (tertiary/aromatic N) is 2. The second-order valence-corrected chi connectivity index (χ2v) is 2.73. The predicted molar refractivity (Wildman–Crippen MR) is 54.4 cm³/mol. The van der Waals surface area contributed by atoms with Crippen LogP contribution in [0.4, 0.5) is 0 Å². The van der Waals surface area contributed by atoms with E-state index < -0.39 is 5.97 Å². The Morgan fingerprint density at radius 2 is 2.21 bits per heavy atom. The van der Waals surface area contributed by atoms with Crippen molar-refractivity contribution in [2.24, 2.45) is 12.8 Å². The number of rotatable bonds is 2. The van der Waals surface area contributed by atoms with Gasteiger partial charge in [-0.1, -0.05) is 0 Å². The van der Waals surface area contributed by atoms with Gasteiger partial charge < -0.3 is 10.5 Å². The number of halogens is 1. The van der Waals surface area contributed by atoms with Gasteiger partial charge in [0.15, 0.2) is 5.69 Å². The molecule has 0 spiro atoms. The van der Waals surface area contributed by atoms with Gasteiger partial charge in [0, 0.05) is 19.2 Å². The number of aromatic nitrogens is 2. The van der Waals surface area contributed by atoms with Crippen molar-refractivity contribution < 1.29 is 9.53 Å². The minimum Gasteiger partial charge on any atom is -0.464 e. The van der Waals surface area contributed by atoms with Crippen molar-refractivity contribution in [2.45, 2.75) is 13.5 Å². The van der Waals surface area contributed by atoms with E-state index in [9.17, 15) is 4.79 Å². The number of methoxy groups -OCH3 is 1. The summed E-state index contributed by atoms with van der Waals surface area (Å²) in [6, 6.07) is 0. The maximum absolute atomic E-state index is 11.3. The number of ether oxygens (including phenoxy) is 1. The predicted octanol–water partition coefficient (Wildman–Crippen LogP) is 0.396. The number of hydrogen-bond donors (Lipinski definition) is 1. The average Bonchev–Trinajstić information content (AvgIpc) is 2.39. The molecule has 0 saturated heterocycles. The molecule has 1 heterocycles. The fraction of sp³-hybridized carbons (Fsp3) is 0.500. The molecule has 80 valence electrons. The van der Waals surface area contributed by atoms with Crippen LogP contribution in [0.1, 0.15) is 21.7 Å². The first-order chi connectivity index (χ1) is 6.11. The minimum absolute atomic E-state index is 0. The Kier molecular flexibility index (Phi) is 4.59. The summed E-state index contributed by atoms with van der Waals surface area (Å²) in [4.78, 5) is 11.3. The molecule has 0 atom stereocenters. The summed E-state index contributed by atoms with van der Waals surface area (Å²) in [6.45, 7) is 2.11. The lowest BCUT2D eigenvalue weighted by Gasteiger charge is -2.01. The van der Waals surface area contributed by atoms with Crippen LogP contribution in [0, 0.1) is 6.92 Å². The maximum Gasteiger partial charge on any atom is 0.356 e. The van der Waals surface area contributed by atoms with Gasteiger partial charge >= 0.3 is 5.97 Å². The van der Waals surface area contributed by atoms with Crippen LogP contribution in [0.2, 0.25) is 0 Å². The molecule has 0 amide bonds. The molecule has 0 aromatic carbocycles. The van der Waals surface area contributed by atoms with E-state index in [0.29, 0.717) is 12.2 Å². The second kappa shape index (κ2) is 4.97. The quantitative estimate of drug-likeness (QED) is 0.731. The van der Waals surface area contributed by atoms with E-state index in [1.807, 2.05) is 6.92 Å². The van der Waals surface area contributed by atoms with Crippen LogP contribution in [-0.2, 0) is 18.3 Å². The number of nitrogens with two attached hydrogens (primary N) is 1. The highest BCUT2D eigenvalue weighted by Crippen LogP contribution is 2.12. The first-order valence-corrected chi connectivity index (χ1v) is 3.92. The molecule has 5 nitrogen and oxygen atoms in total. The number of aryl methyl sites for hydroxylation is 2. The molecule has 0 aliphatic heterocycles. The number of hydrogen-bond acceptors (Lipinski definition) is 4. The van der Waals surface area contributed by atoms with Gasteiger partial charge in [-0.15, -0.1) is 12.4 Å². The van der Waals surface area contributed by atoms with Gasteiger partial charge in [0.05, 0.1) is 12.8 Å². The Hall–Kier alpha value is -1.07. The van der Waals surface area contributed by atoms with E-state index in [2.05, 4.69) is 9.84 Å². The van der Waals surface area contributed by atoms with Gasteiger partial charge in [-0.3, -0.25) is 4.68 Å². The summed E-state index contributed by atoms with van der Waals surface area (Å²) in [5.41, 5.74) is 7.44.